The van der Waals surface area contributed by atoms with Gasteiger partial charge in [0.1, 0.15) is 5.82 Å². The fraction of sp³-hybridized carbons (Fsp3) is 0.360. The van der Waals surface area contributed by atoms with Crippen LogP contribution in [0, 0.1) is 0 Å². The topological polar surface area (TPSA) is 69.3 Å². The minimum atomic E-state index is -4.53. The van der Waals surface area contributed by atoms with E-state index in [1.54, 1.807) is 0 Å². The molecule has 4 rings (SSSR count). The molecule has 6 nitrogen and oxygen atoms in total. The Morgan fingerprint density at radius 1 is 0.971 bits per heavy atom. The van der Waals surface area contributed by atoms with Gasteiger partial charge in [-0.2, -0.15) is 13.2 Å². The van der Waals surface area contributed by atoms with Crippen LogP contribution >= 0.6 is 0 Å². The first kappa shape index (κ1) is 23.7. The summed E-state index contributed by atoms with van der Waals surface area (Å²) in [6.07, 6.45) is -1.46. The maximum Gasteiger partial charge on any atom is 0.418 e. The van der Waals surface area contributed by atoms with Crippen molar-refractivity contribution in [2.45, 2.75) is 43.9 Å². The Morgan fingerprint density at radius 2 is 1.62 bits per heavy atom. The van der Waals surface area contributed by atoms with Crippen LogP contribution in [0.25, 0.3) is 10.9 Å². The van der Waals surface area contributed by atoms with E-state index >= 15 is 0 Å². The lowest BCUT2D eigenvalue weighted by atomic mass is 9.91. The third-order valence-corrected chi connectivity index (χ3v) is 6.07. The van der Waals surface area contributed by atoms with Crippen LogP contribution in [0.2, 0.25) is 0 Å². The number of hydrogen-bond acceptors (Lipinski definition) is 4. The molecule has 1 aliphatic rings. The highest BCUT2D eigenvalue weighted by Gasteiger charge is 2.33. The minimum absolute atomic E-state index is 0.0991. The number of halogens is 3. The number of nitrogens with one attached hydrogen (secondary N) is 3. The molecule has 3 aromatic rings. The van der Waals surface area contributed by atoms with Gasteiger partial charge in [-0.3, -0.25) is 0 Å². The van der Waals surface area contributed by atoms with Gasteiger partial charge in [0.05, 0.1) is 16.8 Å². The molecule has 0 aliphatic heterocycles. The van der Waals surface area contributed by atoms with Gasteiger partial charge in [-0.25, -0.2) is 9.78 Å². The second-order valence-corrected chi connectivity index (χ2v) is 8.77. The van der Waals surface area contributed by atoms with Gasteiger partial charge in [-0.05, 0) is 43.9 Å². The first-order valence-corrected chi connectivity index (χ1v) is 11.3. The number of fused-ring (bicyclic) bond motifs is 1. The van der Waals surface area contributed by atoms with Crippen LogP contribution in [0.1, 0.15) is 31.2 Å². The average Bonchev–Trinajstić information content (AvgIpc) is 2.79. The monoisotopic (exact) mass is 471 g/mol. The molecule has 3 N–H and O–H groups in total. The molecule has 0 atom stereocenters. The molecule has 1 aromatic heterocycles. The molecule has 1 saturated carbocycles. The third kappa shape index (κ3) is 5.52. The summed E-state index contributed by atoms with van der Waals surface area (Å²) in [7, 11) is 4.00. The number of carbonyl (C=O) groups is 1. The summed E-state index contributed by atoms with van der Waals surface area (Å²) < 4.78 is 39.4. The van der Waals surface area contributed by atoms with Crippen LogP contribution in [0.5, 0.6) is 0 Å². The molecule has 1 aliphatic carbocycles. The molecule has 180 valence electrons. The lowest BCUT2D eigenvalue weighted by molar-refractivity contribution is -0.136. The quantitative estimate of drug-likeness (QED) is 0.436. The summed E-state index contributed by atoms with van der Waals surface area (Å²) in [6.45, 7) is 0. The highest BCUT2D eigenvalue weighted by molar-refractivity contribution is 5.93. The van der Waals surface area contributed by atoms with Crippen LogP contribution in [0.15, 0.2) is 54.6 Å². The van der Waals surface area contributed by atoms with Gasteiger partial charge < -0.3 is 20.9 Å². The number of hydrogen-bond donors (Lipinski definition) is 3. The zero-order chi connectivity index (χ0) is 24.3. The van der Waals surface area contributed by atoms with Crippen molar-refractivity contribution in [2.75, 3.05) is 29.6 Å². The molecule has 2 amide bonds. The molecule has 0 spiro atoms. The van der Waals surface area contributed by atoms with E-state index in [-0.39, 0.29) is 17.8 Å². The van der Waals surface area contributed by atoms with Crippen molar-refractivity contribution in [3.05, 3.63) is 60.2 Å². The van der Waals surface area contributed by atoms with Gasteiger partial charge in [-0.15, -0.1) is 0 Å². The van der Waals surface area contributed by atoms with Crippen LogP contribution < -0.4 is 20.9 Å². The molecule has 1 heterocycles. The molecule has 0 unspecified atom stereocenters. The number of pyridine rings is 1. The van der Waals surface area contributed by atoms with Crippen LogP contribution in [0.4, 0.5) is 35.2 Å². The summed E-state index contributed by atoms with van der Waals surface area (Å²) in [4.78, 5) is 19.1. The van der Waals surface area contributed by atoms with Crippen molar-refractivity contribution in [2.24, 2.45) is 0 Å². The molecular formula is C25H28F3N5O. The number of aromatic nitrogens is 1. The highest BCUT2D eigenvalue weighted by atomic mass is 19.4. The van der Waals surface area contributed by atoms with Crippen LogP contribution in [-0.2, 0) is 6.18 Å². The Balaban J connectivity index is 1.33. The zero-order valence-electron chi connectivity index (χ0n) is 19.1. The van der Waals surface area contributed by atoms with Gasteiger partial charge in [0.15, 0.2) is 0 Å². The molecule has 9 heteroatoms. The van der Waals surface area contributed by atoms with Crippen molar-refractivity contribution < 1.29 is 18.0 Å². The Kier molecular flexibility index (Phi) is 6.81. The number of benzene rings is 2. The van der Waals surface area contributed by atoms with Crippen molar-refractivity contribution in [3.8, 4) is 0 Å². The molecule has 0 saturated heterocycles. The SMILES string of the molecule is CN(C)c1cc(N[C@H]2CC[C@@H](NC(=O)Nc3ccccc3C(F)(F)F)CC2)nc2ccccc12. The number of urea groups is 1. The van der Waals surface area contributed by atoms with Crippen molar-refractivity contribution in [1.29, 1.82) is 0 Å². The maximum atomic E-state index is 13.1. The molecule has 0 bridgehead atoms. The number of nitrogens with zero attached hydrogens (tertiary/aromatic N) is 2. The molecular weight excluding hydrogens is 443 g/mol. The van der Waals surface area contributed by atoms with E-state index in [2.05, 4.69) is 26.9 Å². The van der Waals surface area contributed by atoms with Gasteiger partial charge in [0, 0.05) is 43.3 Å². The third-order valence-electron chi connectivity index (χ3n) is 6.07. The van der Waals surface area contributed by atoms with Crippen LogP contribution in [-0.4, -0.2) is 37.2 Å². The Morgan fingerprint density at radius 3 is 2.32 bits per heavy atom. The largest absolute Gasteiger partial charge is 0.418 e. The average molecular weight is 472 g/mol. The number of para-hydroxylation sites is 2. The van der Waals surface area contributed by atoms with Crippen molar-refractivity contribution in [3.63, 3.8) is 0 Å². The summed E-state index contributed by atoms with van der Waals surface area (Å²) in [6, 6.07) is 14.5. The molecule has 0 radical (unpaired) electrons. The predicted molar refractivity (Wildman–Crippen MR) is 129 cm³/mol. The lowest BCUT2D eigenvalue weighted by Crippen LogP contribution is -2.42. The molecule has 34 heavy (non-hydrogen) atoms. The van der Waals surface area contributed by atoms with E-state index in [9.17, 15) is 18.0 Å². The van der Waals surface area contributed by atoms with E-state index in [1.165, 1.54) is 18.2 Å². The van der Waals surface area contributed by atoms with Gasteiger partial charge >= 0.3 is 12.2 Å². The normalized spacial score (nSPS) is 18.4. The first-order valence-electron chi connectivity index (χ1n) is 11.3. The number of alkyl halides is 3. The number of amides is 2. The number of carbonyl (C=O) groups excluding carboxylic acids is 1. The summed E-state index contributed by atoms with van der Waals surface area (Å²) in [5, 5.41) is 9.76. The summed E-state index contributed by atoms with van der Waals surface area (Å²) in [5.41, 5.74) is 0.890. The fourth-order valence-electron chi connectivity index (χ4n) is 4.38. The number of anilines is 3. The van der Waals surface area contributed by atoms with Gasteiger partial charge in [0.2, 0.25) is 0 Å². The van der Waals surface area contributed by atoms with E-state index in [0.29, 0.717) is 0 Å². The zero-order valence-corrected chi connectivity index (χ0v) is 19.1. The highest BCUT2D eigenvalue weighted by Crippen LogP contribution is 2.34. The second kappa shape index (κ2) is 9.79. The fourth-order valence-corrected chi connectivity index (χ4v) is 4.38. The van der Waals surface area contributed by atoms with E-state index in [0.717, 1.165) is 54.2 Å². The van der Waals surface area contributed by atoms with E-state index < -0.39 is 17.8 Å². The van der Waals surface area contributed by atoms with Gasteiger partial charge in [-0.1, -0.05) is 30.3 Å². The van der Waals surface area contributed by atoms with Crippen molar-refractivity contribution in [1.82, 2.24) is 10.3 Å². The Hall–Kier alpha value is -3.49. The Bertz CT molecular complexity index is 1160. The van der Waals surface area contributed by atoms with Crippen LogP contribution in [0.3, 0.4) is 0 Å². The Labute approximate surface area is 196 Å². The minimum Gasteiger partial charge on any atom is -0.377 e. The lowest BCUT2D eigenvalue weighted by Gasteiger charge is -2.30. The van der Waals surface area contributed by atoms with E-state index in [4.69, 9.17) is 4.98 Å². The standard InChI is InChI=1S/C25H28F3N5O/c1-33(2)22-15-23(31-20-9-5-3-7-18(20)22)29-16-11-13-17(14-12-16)30-24(34)32-21-10-6-4-8-19(21)25(26,27)28/h3-10,15-17H,11-14H2,1-2H3,(H,29,31)(H2,30,32,34)/t16-,17+. The molecule has 1 fully saturated rings. The number of rotatable bonds is 5. The van der Waals surface area contributed by atoms with Crippen molar-refractivity contribution >= 4 is 34.1 Å². The first-order chi connectivity index (χ1) is 16.2. The summed E-state index contributed by atoms with van der Waals surface area (Å²) >= 11 is 0. The smallest absolute Gasteiger partial charge is 0.377 e. The second-order valence-electron chi connectivity index (χ2n) is 8.77. The predicted octanol–water partition coefficient (Wildman–Crippen LogP) is 5.86. The van der Waals surface area contributed by atoms with Gasteiger partial charge in [0.25, 0.3) is 0 Å². The molecule has 2 aromatic carbocycles. The maximum absolute atomic E-state index is 13.1. The van der Waals surface area contributed by atoms with E-state index in [1.807, 2.05) is 38.4 Å². The summed E-state index contributed by atoms with van der Waals surface area (Å²) in [5.74, 6) is 0.806.